The maximum absolute atomic E-state index is 10.0. The van der Waals surface area contributed by atoms with Gasteiger partial charge in [-0.3, -0.25) is 0 Å². The van der Waals surface area contributed by atoms with Crippen LogP contribution in [0.1, 0.15) is 0 Å². The van der Waals surface area contributed by atoms with E-state index in [1.807, 2.05) is 41.9 Å². The van der Waals surface area contributed by atoms with Gasteiger partial charge in [0.05, 0.1) is 21.6 Å². The van der Waals surface area contributed by atoms with E-state index >= 15 is 0 Å². The van der Waals surface area contributed by atoms with E-state index in [1.54, 1.807) is 6.07 Å². The maximum atomic E-state index is 10.0. The Morgan fingerprint density at radius 1 is 1.26 bits per heavy atom. The molecule has 0 fully saturated rings. The van der Waals surface area contributed by atoms with Crippen LogP contribution < -0.4 is 0 Å². The van der Waals surface area contributed by atoms with E-state index in [-0.39, 0.29) is 5.75 Å². The second kappa shape index (κ2) is 4.68. The molecule has 96 valence electrons. The summed E-state index contributed by atoms with van der Waals surface area (Å²) in [6.45, 7) is 0. The molecule has 3 aromatic rings. The van der Waals surface area contributed by atoms with Crippen LogP contribution in [0.4, 0.5) is 0 Å². The van der Waals surface area contributed by atoms with Gasteiger partial charge in [-0.15, -0.1) is 0 Å². The molecule has 0 aliphatic carbocycles. The molecule has 0 unspecified atom stereocenters. The average molecular weight is 385 g/mol. The molecule has 0 aliphatic heterocycles. The number of aromatic hydroxyl groups is 1. The van der Waals surface area contributed by atoms with E-state index in [0.29, 0.717) is 16.4 Å². The van der Waals surface area contributed by atoms with E-state index in [2.05, 4.69) is 27.6 Å². The number of halogens is 2. The van der Waals surface area contributed by atoms with Crippen molar-refractivity contribution in [3.63, 3.8) is 0 Å². The summed E-state index contributed by atoms with van der Waals surface area (Å²) in [5, 5.41) is 10.7. The van der Waals surface area contributed by atoms with Crippen molar-refractivity contribution < 1.29 is 5.11 Å². The molecular weight excluding hydrogens is 375 g/mol. The van der Waals surface area contributed by atoms with Gasteiger partial charge < -0.3 is 9.67 Å². The van der Waals surface area contributed by atoms with Crippen molar-refractivity contribution in [2.24, 2.45) is 7.05 Å². The molecule has 2 aromatic carbocycles. The van der Waals surface area contributed by atoms with Crippen molar-refractivity contribution in [1.82, 2.24) is 9.55 Å². The quantitative estimate of drug-likeness (QED) is 0.639. The predicted molar refractivity (Wildman–Crippen MR) is 85.5 cm³/mol. The third kappa shape index (κ3) is 2.08. The summed E-state index contributed by atoms with van der Waals surface area (Å²) in [5.41, 5.74) is 2.40. The van der Waals surface area contributed by atoms with E-state index in [4.69, 9.17) is 11.6 Å². The number of benzene rings is 2. The Morgan fingerprint density at radius 3 is 2.79 bits per heavy atom. The molecule has 0 amide bonds. The second-order valence-electron chi connectivity index (χ2n) is 4.26. The van der Waals surface area contributed by atoms with E-state index < -0.39 is 0 Å². The third-order valence-corrected chi connectivity index (χ3v) is 4.02. The minimum atomic E-state index is 0.218. The molecule has 0 atom stereocenters. The molecule has 0 saturated heterocycles. The topological polar surface area (TPSA) is 38.0 Å². The Hall–Kier alpha value is -1.27. The van der Waals surface area contributed by atoms with Crippen LogP contribution in [0.25, 0.3) is 22.4 Å². The summed E-state index contributed by atoms with van der Waals surface area (Å²) in [6.07, 6.45) is 0. The Balaban J connectivity index is 2.34. The van der Waals surface area contributed by atoms with Crippen molar-refractivity contribution in [2.45, 2.75) is 0 Å². The highest BCUT2D eigenvalue weighted by molar-refractivity contribution is 14.1. The van der Waals surface area contributed by atoms with Gasteiger partial charge in [-0.2, -0.15) is 0 Å². The maximum Gasteiger partial charge on any atom is 0.144 e. The first-order valence-corrected chi connectivity index (χ1v) is 7.13. The number of hydrogen-bond acceptors (Lipinski definition) is 2. The van der Waals surface area contributed by atoms with Gasteiger partial charge in [0, 0.05) is 10.6 Å². The van der Waals surface area contributed by atoms with Crippen LogP contribution in [-0.4, -0.2) is 14.7 Å². The number of hydrogen-bond donors (Lipinski definition) is 1. The highest BCUT2D eigenvalue weighted by Gasteiger charge is 2.15. The lowest BCUT2D eigenvalue weighted by Crippen LogP contribution is -1.93. The molecule has 3 nitrogen and oxygen atoms in total. The van der Waals surface area contributed by atoms with Crippen LogP contribution in [0.3, 0.4) is 0 Å². The molecule has 0 saturated carbocycles. The molecular formula is C14H10ClIN2O. The standard InChI is InChI=1S/C14H10ClIN2O/c1-18-13-10(15)3-2-4-11(13)17-14(18)9-7-8(16)5-6-12(9)19/h2-7,19H,1H3. The summed E-state index contributed by atoms with van der Waals surface area (Å²) < 4.78 is 2.95. The Labute approximate surface area is 129 Å². The fourth-order valence-electron chi connectivity index (χ4n) is 2.15. The van der Waals surface area contributed by atoms with Gasteiger partial charge in [-0.05, 0) is 52.9 Å². The molecule has 0 aliphatic rings. The minimum absolute atomic E-state index is 0.218. The normalized spacial score (nSPS) is 11.1. The first kappa shape index (κ1) is 12.7. The lowest BCUT2D eigenvalue weighted by molar-refractivity contribution is 0.476. The number of aryl methyl sites for hydroxylation is 1. The molecule has 3 rings (SSSR count). The van der Waals surface area contributed by atoms with Crippen LogP contribution >= 0.6 is 34.2 Å². The second-order valence-corrected chi connectivity index (χ2v) is 5.92. The van der Waals surface area contributed by atoms with Crippen molar-refractivity contribution in [1.29, 1.82) is 0 Å². The summed E-state index contributed by atoms with van der Waals surface area (Å²) in [7, 11) is 1.90. The zero-order chi connectivity index (χ0) is 13.6. The molecule has 0 spiro atoms. The van der Waals surface area contributed by atoms with Crippen molar-refractivity contribution in [3.05, 3.63) is 45.0 Å². The monoisotopic (exact) mass is 384 g/mol. The first-order chi connectivity index (χ1) is 9.08. The van der Waals surface area contributed by atoms with Crippen molar-refractivity contribution in [2.75, 3.05) is 0 Å². The van der Waals surface area contributed by atoms with Gasteiger partial charge in [0.2, 0.25) is 0 Å². The summed E-state index contributed by atoms with van der Waals surface area (Å²) in [4.78, 5) is 4.56. The Kier molecular flexibility index (Phi) is 3.14. The number of imidazole rings is 1. The molecule has 5 heteroatoms. The van der Waals surface area contributed by atoms with Gasteiger partial charge in [0.25, 0.3) is 0 Å². The largest absolute Gasteiger partial charge is 0.507 e. The van der Waals surface area contributed by atoms with E-state index in [1.165, 1.54) is 0 Å². The lowest BCUT2D eigenvalue weighted by Gasteiger charge is -2.06. The van der Waals surface area contributed by atoms with Crippen LogP contribution in [-0.2, 0) is 7.05 Å². The lowest BCUT2D eigenvalue weighted by atomic mass is 10.2. The van der Waals surface area contributed by atoms with Gasteiger partial charge >= 0.3 is 0 Å². The zero-order valence-corrected chi connectivity index (χ0v) is 13.0. The highest BCUT2D eigenvalue weighted by atomic mass is 127. The van der Waals surface area contributed by atoms with Crippen LogP contribution in [0, 0.1) is 3.57 Å². The molecule has 1 N–H and O–H groups in total. The number of rotatable bonds is 1. The predicted octanol–water partition coefficient (Wildman–Crippen LogP) is 4.20. The average Bonchev–Trinajstić information content (AvgIpc) is 2.71. The molecule has 1 heterocycles. The van der Waals surface area contributed by atoms with Crippen LogP contribution in [0.2, 0.25) is 5.02 Å². The molecule has 1 aromatic heterocycles. The van der Waals surface area contributed by atoms with Gasteiger partial charge in [0.1, 0.15) is 11.6 Å². The fourth-order valence-corrected chi connectivity index (χ4v) is 2.94. The van der Waals surface area contributed by atoms with E-state index in [0.717, 1.165) is 14.6 Å². The number of nitrogens with zero attached hydrogens (tertiary/aromatic N) is 2. The number of aromatic nitrogens is 2. The number of fused-ring (bicyclic) bond motifs is 1. The summed E-state index contributed by atoms with van der Waals surface area (Å²) in [5.74, 6) is 0.925. The SMILES string of the molecule is Cn1c(-c2cc(I)ccc2O)nc2cccc(Cl)c21. The highest BCUT2D eigenvalue weighted by Crippen LogP contribution is 2.33. The number of phenols is 1. The minimum Gasteiger partial charge on any atom is -0.507 e. The van der Waals surface area contributed by atoms with Crippen molar-refractivity contribution >= 4 is 45.2 Å². The van der Waals surface area contributed by atoms with Crippen LogP contribution in [0.15, 0.2) is 36.4 Å². The van der Waals surface area contributed by atoms with Crippen LogP contribution in [0.5, 0.6) is 5.75 Å². The number of phenolic OH excluding ortho intramolecular Hbond substituents is 1. The smallest absolute Gasteiger partial charge is 0.144 e. The number of para-hydroxylation sites is 1. The fraction of sp³-hybridized carbons (Fsp3) is 0.0714. The molecule has 19 heavy (non-hydrogen) atoms. The van der Waals surface area contributed by atoms with Gasteiger partial charge in [0.15, 0.2) is 0 Å². The first-order valence-electron chi connectivity index (χ1n) is 5.68. The summed E-state index contributed by atoms with van der Waals surface area (Å²) in [6, 6.07) is 11.1. The van der Waals surface area contributed by atoms with Gasteiger partial charge in [-0.25, -0.2) is 4.98 Å². The zero-order valence-electron chi connectivity index (χ0n) is 10.1. The Bertz CT molecular complexity index is 782. The van der Waals surface area contributed by atoms with E-state index in [9.17, 15) is 5.11 Å². The summed E-state index contributed by atoms with van der Waals surface area (Å²) >= 11 is 8.42. The molecule has 0 bridgehead atoms. The van der Waals surface area contributed by atoms with Gasteiger partial charge in [-0.1, -0.05) is 17.7 Å². The molecule has 0 radical (unpaired) electrons. The van der Waals surface area contributed by atoms with Crippen molar-refractivity contribution in [3.8, 4) is 17.1 Å². The third-order valence-electron chi connectivity index (χ3n) is 3.04. The Morgan fingerprint density at radius 2 is 2.05 bits per heavy atom.